The van der Waals surface area contributed by atoms with Gasteiger partial charge in [0.25, 0.3) is 0 Å². The number of hydrogen-bond acceptors (Lipinski definition) is 4. The Balaban J connectivity index is 2.05. The number of guanidine groups is 1. The number of piperidine rings is 1. The standard InChI is InChI=1S/C18H33N5O3S/c1-4-11-19-18(20-13-17(24)22(2)3)23-12-7-10-16(14-23)27(25,26)21-15-8-5-6-9-15/h4,15-16,21H,1,5-14H2,2-3H3,(H,19,20). The molecular weight excluding hydrogens is 366 g/mol. The minimum absolute atomic E-state index is 0.0285. The molecule has 1 aliphatic carbocycles. The van der Waals surface area contributed by atoms with Crippen molar-refractivity contribution in [2.24, 2.45) is 4.99 Å². The number of hydrogen-bond donors (Lipinski definition) is 2. The van der Waals surface area contributed by atoms with Crippen LogP contribution in [0.3, 0.4) is 0 Å². The van der Waals surface area contributed by atoms with E-state index in [-0.39, 0.29) is 18.5 Å². The van der Waals surface area contributed by atoms with Crippen molar-refractivity contribution >= 4 is 21.9 Å². The molecule has 0 bridgehead atoms. The maximum Gasteiger partial charge on any atom is 0.243 e. The average Bonchev–Trinajstić information content (AvgIpc) is 3.14. The fraction of sp³-hybridized carbons (Fsp3) is 0.778. The normalized spacial score (nSPS) is 21.9. The Morgan fingerprint density at radius 3 is 2.59 bits per heavy atom. The fourth-order valence-electron chi connectivity index (χ4n) is 3.47. The van der Waals surface area contributed by atoms with Gasteiger partial charge in [0.05, 0.1) is 5.25 Å². The molecule has 154 valence electrons. The number of sulfonamides is 1. The highest BCUT2D eigenvalue weighted by atomic mass is 32.2. The molecule has 2 aliphatic rings. The Morgan fingerprint density at radius 2 is 1.96 bits per heavy atom. The lowest BCUT2D eigenvalue weighted by molar-refractivity contribution is -0.127. The second-order valence-corrected chi connectivity index (χ2v) is 9.44. The smallest absolute Gasteiger partial charge is 0.243 e. The number of rotatable bonds is 7. The Kier molecular flexibility index (Phi) is 8.09. The van der Waals surface area contributed by atoms with E-state index in [9.17, 15) is 13.2 Å². The Morgan fingerprint density at radius 1 is 1.26 bits per heavy atom. The van der Waals surface area contributed by atoms with Crippen LogP contribution in [0.15, 0.2) is 17.6 Å². The van der Waals surface area contributed by atoms with Gasteiger partial charge in [-0.05, 0) is 25.7 Å². The molecule has 1 atom stereocenters. The van der Waals surface area contributed by atoms with Crippen LogP contribution in [-0.2, 0) is 14.8 Å². The molecule has 1 heterocycles. The molecule has 8 nitrogen and oxygen atoms in total. The molecule has 0 spiro atoms. The van der Waals surface area contributed by atoms with Crippen molar-refractivity contribution in [3.8, 4) is 0 Å². The van der Waals surface area contributed by atoms with Crippen LogP contribution in [0, 0.1) is 0 Å². The van der Waals surface area contributed by atoms with Crippen LogP contribution in [0.1, 0.15) is 38.5 Å². The van der Waals surface area contributed by atoms with Gasteiger partial charge in [-0.15, -0.1) is 6.58 Å². The van der Waals surface area contributed by atoms with E-state index in [1.807, 2.05) is 4.90 Å². The molecular formula is C18H33N5O3S. The predicted molar refractivity (Wildman–Crippen MR) is 108 cm³/mol. The van der Waals surface area contributed by atoms with Gasteiger partial charge >= 0.3 is 0 Å². The zero-order valence-corrected chi connectivity index (χ0v) is 17.3. The van der Waals surface area contributed by atoms with Gasteiger partial charge in [-0.25, -0.2) is 18.1 Å². The van der Waals surface area contributed by atoms with E-state index in [0.29, 0.717) is 32.0 Å². The summed E-state index contributed by atoms with van der Waals surface area (Å²) in [7, 11) is 0.00660. The second kappa shape index (κ2) is 10.1. The quantitative estimate of drug-likeness (QED) is 0.370. The van der Waals surface area contributed by atoms with Crippen molar-refractivity contribution in [2.75, 3.05) is 40.3 Å². The summed E-state index contributed by atoms with van der Waals surface area (Å²) in [5.74, 6) is 0.461. The monoisotopic (exact) mass is 399 g/mol. The lowest BCUT2D eigenvalue weighted by atomic mass is 10.1. The lowest BCUT2D eigenvalue weighted by Gasteiger charge is -2.35. The molecule has 1 aliphatic heterocycles. The topological polar surface area (TPSA) is 94.1 Å². The summed E-state index contributed by atoms with van der Waals surface area (Å²) in [6.07, 6.45) is 7.16. The van der Waals surface area contributed by atoms with E-state index in [0.717, 1.165) is 32.1 Å². The van der Waals surface area contributed by atoms with Crippen molar-refractivity contribution in [3.63, 3.8) is 0 Å². The number of carbonyl (C=O) groups excluding carboxylic acids is 1. The van der Waals surface area contributed by atoms with Gasteiger partial charge < -0.3 is 15.1 Å². The number of amides is 1. The molecule has 0 aromatic carbocycles. The maximum absolute atomic E-state index is 12.8. The molecule has 27 heavy (non-hydrogen) atoms. The van der Waals surface area contributed by atoms with Crippen LogP contribution < -0.4 is 10.0 Å². The fourth-order valence-corrected chi connectivity index (χ4v) is 5.22. The van der Waals surface area contributed by atoms with E-state index in [1.165, 1.54) is 4.90 Å². The summed E-state index contributed by atoms with van der Waals surface area (Å²) in [4.78, 5) is 19.7. The van der Waals surface area contributed by atoms with Gasteiger partial charge in [0.15, 0.2) is 5.96 Å². The Bertz CT molecular complexity index is 641. The summed E-state index contributed by atoms with van der Waals surface area (Å²) in [5, 5.41) is 2.68. The van der Waals surface area contributed by atoms with Gasteiger partial charge in [0, 0.05) is 39.8 Å². The first-order chi connectivity index (χ1) is 12.8. The van der Waals surface area contributed by atoms with Crippen molar-refractivity contribution in [3.05, 3.63) is 12.7 Å². The molecule has 2 fully saturated rings. The van der Waals surface area contributed by atoms with Crippen LogP contribution in [0.4, 0.5) is 0 Å². The third kappa shape index (κ3) is 6.49. The van der Waals surface area contributed by atoms with Gasteiger partial charge in [-0.3, -0.25) is 4.79 Å². The number of nitrogens with zero attached hydrogens (tertiary/aromatic N) is 3. The number of nitrogens with one attached hydrogen (secondary N) is 2. The summed E-state index contributed by atoms with van der Waals surface area (Å²) in [5.41, 5.74) is 0. The number of likely N-dealkylation sites (N-methyl/N-ethyl adjacent to an activating group) is 1. The Hall–Kier alpha value is -1.61. The second-order valence-electron chi connectivity index (χ2n) is 7.45. The zero-order valence-electron chi connectivity index (χ0n) is 16.5. The molecule has 0 aromatic heterocycles. The molecule has 0 radical (unpaired) electrons. The van der Waals surface area contributed by atoms with Crippen molar-refractivity contribution in [1.29, 1.82) is 0 Å². The molecule has 9 heteroatoms. The molecule has 1 unspecified atom stereocenters. The van der Waals surface area contributed by atoms with Gasteiger partial charge in [-0.2, -0.15) is 0 Å². The zero-order chi connectivity index (χ0) is 19.9. The molecule has 2 rings (SSSR count). The van der Waals surface area contributed by atoms with Crippen molar-refractivity contribution in [2.45, 2.75) is 49.8 Å². The Labute approximate surface area is 163 Å². The average molecular weight is 400 g/mol. The highest BCUT2D eigenvalue weighted by Crippen LogP contribution is 2.22. The van der Waals surface area contributed by atoms with Crippen LogP contribution in [-0.4, -0.2) is 81.7 Å². The third-order valence-electron chi connectivity index (χ3n) is 5.07. The van der Waals surface area contributed by atoms with E-state index in [2.05, 4.69) is 21.6 Å². The summed E-state index contributed by atoms with van der Waals surface area (Å²) < 4.78 is 28.5. The van der Waals surface area contributed by atoms with Crippen LogP contribution >= 0.6 is 0 Å². The largest absolute Gasteiger partial charge is 0.353 e. The van der Waals surface area contributed by atoms with E-state index >= 15 is 0 Å². The van der Waals surface area contributed by atoms with Gasteiger partial charge in [-0.1, -0.05) is 18.9 Å². The minimum atomic E-state index is -3.37. The van der Waals surface area contributed by atoms with Crippen LogP contribution in [0.25, 0.3) is 0 Å². The first kappa shape index (κ1) is 21.7. The van der Waals surface area contributed by atoms with Crippen molar-refractivity contribution in [1.82, 2.24) is 19.8 Å². The molecule has 1 saturated heterocycles. The maximum atomic E-state index is 12.8. The minimum Gasteiger partial charge on any atom is -0.353 e. The van der Waals surface area contributed by atoms with Gasteiger partial charge in [0.2, 0.25) is 15.9 Å². The number of likely N-dealkylation sites (tertiary alicyclic amines) is 1. The highest BCUT2D eigenvalue weighted by molar-refractivity contribution is 7.90. The van der Waals surface area contributed by atoms with E-state index in [1.54, 1.807) is 20.2 Å². The molecule has 2 N–H and O–H groups in total. The van der Waals surface area contributed by atoms with Crippen molar-refractivity contribution < 1.29 is 13.2 Å². The molecule has 1 saturated carbocycles. The van der Waals surface area contributed by atoms with E-state index < -0.39 is 15.3 Å². The molecule has 1 amide bonds. The summed E-state index contributed by atoms with van der Waals surface area (Å²) in [6, 6.07) is 0.0788. The molecule has 0 aromatic rings. The first-order valence-corrected chi connectivity index (χ1v) is 11.2. The lowest BCUT2D eigenvalue weighted by Crippen LogP contribution is -2.53. The SMILES string of the molecule is C=CCNC(=NCC(=O)N(C)C)N1CCCC(S(=O)(=O)NC2CCCC2)C1. The predicted octanol–water partition coefficient (Wildman–Crippen LogP) is 0.533. The van der Waals surface area contributed by atoms with Crippen LogP contribution in [0.2, 0.25) is 0 Å². The first-order valence-electron chi connectivity index (χ1n) is 9.69. The third-order valence-corrected chi connectivity index (χ3v) is 6.99. The van der Waals surface area contributed by atoms with Crippen LogP contribution in [0.5, 0.6) is 0 Å². The van der Waals surface area contributed by atoms with Gasteiger partial charge in [0.1, 0.15) is 6.54 Å². The summed E-state index contributed by atoms with van der Waals surface area (Å²) >= 11 is 0. The number of carbonyl (C=O) groups is 1. The number of aliphatic imine (C=N–C) groups is 1. The summed E-state index contributed by atoms with van der Waals surface area (Å²) in [6.45, 7) is 5.32. The highest BCUT2D eigenvalue weighted by Gasteiger charge is 2.34. The van der Waals surface area contributed by atoms with E-state index in [4.69, 9.17) is 0 Å².